The molecule has 0 unspecified atom stereocenters. The number of nitrogens with zero attached hydrogens (tertiary/aromatic N) is 1. The van der Waals surface area contributed by atoms with Crippen LogP contribution in [0.3, 0.4) is 0 Å². The maximum atomic E-state index is 12.6. The zero-order chi connectivity index (χ0) is 19.6. The van der Waals surface area contributed by atoms with Crippen molar-refractivity contribution in [2.45, 2.75) is 27.2 Å². The van der Waals surface area contributed by atoms with Crippen LogP contribution in [-0.4, -0.2) is 24.0 Å². The number of carbonyl (C=O) groups is 2. The number of esters is 1. The van der Waals surface area contributed by atoms with Gasteiger partial charge in [-0.25, -0.2) is 4.79 Å². The summed E-state index contributed by atoms with van der Waals surface area (Å²) in [6.07, 6.45) is 0.244. The van der Waals surface area contributed by atoms with Crippen LogP contribution in [0.4, 0.5) is 5.69 Å². The van der Waals surface area contributed by atoms with E-state index < -0.39 is 5.97 Å². The van der Waals surface area contributed by atoms with Crippen molar-refractivity contribution >= 4 is 28.5 Å². The van der Waals surface area contributed by atoms with Gasteiger partial charge in [0.2, 0.25) is 5.91 Å². The average Bonchev–Trinajstić information content (AvgIpc) is 2.66. The number of pyridine rings is 1. The van der Waals surface area contributed by atoms with Crippen LogP contribution in [0.25, 0.3) is 10.9 Å². The number of rotatable bonds is 4. The summed E-state index contributed by atoms with van der Waals surface area (Å²) in [5, 5.41) is 3.99. The van der Waals surface area contributed by atoms with Crippen molar-refractivity contribution in [3.63, 3.8) is 0 Å². The van der Waals surface area contributed by atoms with Gasteiger partial charge in [0, 0.05) is 16.8 Å². The molecule has 1 heterocycles. The van der Waals surface area contributed by atoms with Crippen LogP contribution >= 0.6 is 0 Å². The largest absolute Gasteiger partial charge is 0.465 e. The van der Waals surface area contributed by atoms with Crippen molar-refractivity contribution < 1.29 is 14.3 Å². The number of anilines is 1. The Balaban J connectivity index is 1.82. The molecule has 3 aromatic rings. The molecule has 0 saturated heterocycles. The number of aromatic nitrogens is 1. The van der Waals surface area contributed by atoms with Crippen molar-refractivity contribution in [2.24, 2.45) is 0 Å². The molecule has 27 heavy (non-hydrogen) atoms. The lowest BCUT2D eigenvalue weighted by Crippen LogP contribution is -2.17. The van der Waals surface area contributed by atoms with Crippen LogP contribution in [0.2, 0.25) is 0 Å². The third-order valence-corrected chi connectivity index (χ3v) is 4.74. The first kappa shape index (κ1) is 18.6. The first-order valence-electron chi connectivity index (χ1n) is 8.74. The normalized spacial score (nSPS) is 10.7. The highest BCUT2D eigenvalue weighted by Gasteiger charge is 2.14. The minimum atomic E-state index is -0.399. The van der Waals surface area contributed by atoms with Gasteiger partial charge in [-0.3, -0.25) is 9.78 Å². The molecule has 0 spiro atoms. The Kier molecular flexibility index (Phi) is 5.21. The first-order chi connectivity index (χ1) is 12.9. The molecule has 2 aromatic carbocycles. The van der Waals surface area contributed by atoms with Crippen molar-refractivity contribution in [1.82, 2.24) is 4.98 Å². The van der Waals surface area contributed by atoms with Crippen LogP contribution in [-0.2, 0) is 16.0 Å². The van der Waals surface area contributed by atoms with Gasteiger partial charge in [0.1, 0.15) is 0 Å². The molecule has 1 amide bonds. The predicted octanol–water partition coefficient (Wildman–Crippen LogP) is 4.13. The highest BCUT2D eigenvalue weighted by molar-refractivity contribution is 5.96. The van der Waals surface area contributed by atoms with E-state index in [1.165, 1.54) is 7.11 Å². The number of amides is 1. The molecule has 5 nitrogen and oxygen atoms in total. The second-order valence-corrected chi connectivity index (χ2v) is 6.56. The fourth-order valence-corrected chi connectivity index (χ4v) is 3.23. The number of carbonyl (C=O) groups excluding carboxylic acids is 2. The maximum absolute atomic E-state index is 12.6. The summed E-state index contributed by atoms with van der Waals surface area (Å²) < 4.78 is 4.72. The van der Waals surface area contributed by atoms with Crippen LogP contribution < -0.4 is 5.32 Å². The standard InChI is InChI=1S/C22H22N2O3/c1-13-11-16(22(26)27-4)9-10-19(13)24-21(25)12-18-14(2)17-7-5-6-8-20(17)23-15(18)3/h5-11H,12H2,1-4H3,(H,24,25). The van der Waals surface area contributed by atoms with Gasteiger partial charge in [-0.15, -0.1) is 0 Å². The molecule has 0 radical (unpaired) electrons. The lowest BCUT2D eigenvalue weighted by atomic mass is 9.99. The number of para-hydroxylation sites is 1. The molecule has 0 aliphatic heterocycles. The zero-order valence-corrected chi connectivity index (χ0v) is 15.9. The Morgan fingerprint density at radius 1 is 1.07 bits per heavy atom. The lowest BCUT2D eigenvalue weighted by molar-refractivity contribution is -0.115. The van der Waals surface area contributed by atoms with Gasteiger partial charge in [0.05, 0.1) is 24.6 Å². The molecule has 0 atom stereocenters. The average molecular weight is 362 g/mol. The minimum absolute atomic E-state index is 0.118. The van der Waals surface area contributed by atoms with Crippen molar-refractivity contribution in [3.8, 4) is 0 Å². The molecule has 0 fully saturated rings. The summed E-state index contributed by atoms with van der Waals surface area (Å²) in [5.74, 6) is -0.517. The van der Waals surface area contributed by atoms with Gasteiger partial charge in [-0.05, 0) is 61.7 Å². The Bertz CT molecular complexity index is 1040. The third-order valence-electron chi connectivity index (χ3n) is 4.74. The Morgan fingerprint density at radius 2 is 1.81 bits per heavy atom. The second kappa shape index (κ2) is 7.58. The lowest BCUT2D eigenvalue weighted by Gasteiger charge is -2.14. The van der Waals surface area contributed by atoms with E-state index in [4.69, 9.17) is 4.74 Å². The van der Waals surface area contributed by atoms with E-state index in [2.05, 4.69) is 10.3 Å². The number of hydrogen-bond donors (Lipinski definition) is 1. The maximum Gasteiger partial charge on any atom is 0.337 e. The highest BCUT2D eigenvalue weighted by Crippen LogP contribution is 2.24. The highest BCUT2D eigenvalue weighted by atomic mass is 16.5. The van der Waals surface area contributed by atoms with Gasteiger partial charge in [-0.1, -0.05) is 18.2 Å². The third kappa shape index (κ3) is 3.82. The van der Waals surface area contributed by atoms with E-state index in [9.17, 15) is 9.59 Å². The van der Waals surface area contributed by atoms with E-state index >= 15 is 0 Å². The monoisotopic (exact) mass is 362 g/mol. The summed E-state index contributed by atoms with van der Waals surface area (Å²) in [7, 11) is 1.34. The smallest absolute Gasteiger partial charge is 0.337 e. The molecular weight excluding hydrogens is 340 g/mol. The number of nitrogens with one attached hydrogen (secondary N) is 1. The second-order valence-electron chi connectivity index (χ2n) is 6.56. The predicted molar refractivity (Wildman–Crippen MR) is 106 cm³/mol. The SMILES string of the molecule is COC(=O)c1ccc(NC(=O)Cc2c(C)nc3ccccc3c2C)c(C)c1. The van der Waals surface area contributed by atoms with Gasteiger partial charge in [0.15, 0.2) is 0 Å². The van der Waals surface area contributed by atoms with Crippen LogP contribution in [0, 0.1) is 20.8 Å². The molecule has 0 saturated carbocycles. The Morgan fingerprint density at radius 3 is 2.52 bits per heavy atom. The number of fused-ring (bicyclic) bond motifs is 1. The summed E-state index contributed by atoms with van der Waals surface area (Å²) in [6.45, 7) is 5.80. The minimum Gasteiger partial charge on any atom is -0.465 e. The van der Waals surface area contributed by atoms with Crippen LogP contribution in [0.1, 0.15) is 32.7 Å². The van der Waals surface area contributed by atoms with Crippen molar-refractivity contribution in [3.05, 3.63) is 70.4 Å². The molecule has 0 aliphatic carbocycles. The molecular formula is C22H22N2O3. The summed E-state index contributed by atoms with van der Waals surface area (Å²) in [5.41, 5.74) is 5.75. The van der Waals surface area contributed by atoms with Crippen LogP contribution in [0.5, 0.6) is 0 Å². The van der Waals surface area contributed by atoms with Gasteiger partial charge >= 0.3 is 5.97 Å². The fraction of sp³-hybridized carbons (Fsp3) is 0.227. The Hall–Kier alpha value is -3.21. The number of aryl methyl sites for hydroxylation is 3. The molecule has 1 aromatic heterocycles. The van der Waals surface area contributed by atoms with E-state index in [1.807, 2.05) is 45.0 Å². The van der Waals surface area contributed by atoms with E-state index in [1.54, 1.807) is 18.2 Å². The quantitative estimate of drug-likeness (QED) is 0.709. The number of benzene rings is 2. The van der Waals surface area contributed by atoms with Gasteiger partial charge < -0.3 is 10.1 Å². The van der Waals surface area contributed by atoms with E-state index in [0.29, 0.717) is 11.3 Å². The van der Waals surface area contributed by atoms with E-state index in [0.717, 1.165) is 33.3 Å². The topological polar surface area (TPSA) is 68.3 Å². The van der Waals surface area contributed by atoms with Crippen molar-refractivity contribution in [2.75, 3.05) is 12.4 Å². The molecule has 1 N–H and O–H groups in total. The van der Waals surface area contributed by atoms with Crippen molar-refractivity contribution in [1.29, 1.82) is 0 Å². The molecule has 0 bridgehead atoms. The summed E-state index contributed by atoms with van der Waals surface area (Å²) >= 11 is 0. The molecule has 138 valence electrons. The molecule has 0 aliphatic rings. The Labute approximate surface area is 158 Å². The summed E-state index contributed by atoms with van der Waals surface area (Å²) in [6, 6.07) is 13.0. The van der Waals surface area contributed by atoms with Gasteiger partial charge in [-0.2, -0.15) is 0 Å². The first-order valence-corrected chi connectivity index (χ1v) is 8.74. The number of methoxy groups -OCH3 is 1. The zero-order valence-electron chi connectivity index (χ0n) is 15.9. The fourth-order valence-electron chi connectivity index (χ4n) is 3.23. The van der Waals surface area contributed by atoms with Gasteiger partial charge in [0.25, 0.3) is 0 Å². The summed E-state index contributed by atoms with van der Waals surface area (Å²) in [4.78, 5) is 28.8. The van der Waals surface area contributed by atoms with Crippen LogP contribution in [0.15, 0.2) is 42.5 Å². The number of ether oxygens (including phenoxy) is 1. The number of hydrogen-bond acceptors (Lipinski definition) is 4. The molecule has 5 heteroatoms. The van der Waals surface area contributed by atoms with E-state index in [-0.39, 0.29) is 12.3 Å². The molecule has 3 rings (SSSR count).